The first-order chi connectivity index (χ1) is 9.03. The molecule has 4 nitrogen and oxygen atoms in total. The molecule has 1 aliphatic carbocycles. The van der Waals surface area contributed by atoms with Gasteiger partial charge in [-0.25, -0.2) is 18.7 Å². The van der Waals surface area contributed by atoms with E-state index in [0.717, 1.165) is 24.4 Å². The molecule has 3 rings (SSSR count). The number of rotatable bonds is 2. The third kappa shape index (κ3) is 2.68. The Morgan fingerprint density at radius 3 is 2.53 bits per heavy atom. The van der Waals surface area contributed by atoms with Crippen molar-refractivity contribution in [3.05, 3.63) is 18.1 Å². The van der Waals surface area contributed by atoms with Gasteiger partial charge in [0.1, 0.15) is 12.1 Å². The van der Waals surface area contributed by atoms with Gasteiger partial charge in [-0.15, -0.1) is 0 Å². The first-order valence-electron chi connectivity index (χ1n) is 6.74. The summed E-state index contributed by atoms with van der Waals surface area (Å²) >= 11 is 0. The quantitative estimate of drug-likeness (QED) is 0.890. The molecule has 6 heteroatoms. The first-order valence-corrected chi connectivity index (χ1v) is 6.74. The summed E-state index contributed by atoms with van der Waals surface area (Å²) < 4.78 is 26.3. The van der Waals surface area contributed by atoms with Gasteiger partial charge >= 0.3 is 0 Å². The monoisotopic (exact) mass is 268 g/mol. The number of hydrogen-bond donors (Lipinski definition) is 1. The Kier molecular flexibility index (Phi) is 3.12. The Bertz CT molecular complexity index is 450. The molecule has 0 atom stereocenters. The van der Waals surface area contributed by atoms with Crippen LogP contribution in [0.4, 0.5) is 14.6 Å². The number of nitrogens with two attached hydrogens (primary N) is 1. The molecule has 19 heavy (non-hydrogen) atoms. The van der Waals surface area contributed by atoms with Crippen molar-refractivity contribution in [2.75, 3.05) is 18.0 Å². The van der Waals surface area contributed by atoms with E-state index in [1.165, 1.54) is 6.33 Å². The van der Waals surface area contributed by atoms with Crippen LogP contribution in [0.3, 0.4) is 0 Å². The molecule has 1 saturated heterocycles. The van der Waals surface area contributed by atoms with E-state index < -0.39 is 5.92 Å². The third-order valence-corrected chi connectivity index (χ3v) is 4.09. The van der Waals surface area contributed by atoms with Crippen molar-refractivity contribution in [3.8, 4) is 0 Å². The normalized spacial score (nSPS) is 29.9. The second kappa shape index (κ2) is 4.67. The van der Waals surface area contributed by atoms with Crippen LogP contribution in [0.1, 0.15) is 37.3 Å². The maximum Gasteiger partial charge on any atom is 0.251 e. The van der Waals surface area contributed by atoms with E-state index in [2.05, 4.69) is 9.97 Å². The maximum absolute atomic E-state index is 13.1. The van der Waals surface area contributed by atoms with Gasteiger partial charge in [-0.2, -0.15) is 0 Å². The smallest absolute Gasteiger partial charge is 0.251 e. The molecule has 0 radical (unpaired) electrons. The van der Waals surface area contributed by atoms with Crippen LogP contribution in [0.25, 0.3) is 0 Å². The Labute approximate surface area is 111 Å². The molecule has 2 fully saturated rings. The molecular formula is C13H18F2N4. The van der Waals surface area contributed by atoms with Crippen LogP contribution in [-0.4, -0.2) is 35.0 Å². The van der Waals surface area contributed by atoms with E-state index >= 15 is 0 Å². The number of alkyl halides is 2. The Hall–Kier alpha value is -1.30. The number of nitrogens with zero attached hydrogens (tertiary/aromatic N) is 3. The highest BCUT2D eigenvalue weighted by Crippen LogP contribution is 2.36. The summed E-state index contributed by atoms with van der Waals surface area (Å²) in [5.41, 5.74) is 6.77. The molecule has 1 aliphatic heterocycles. The fourth-order valence-electron chi connectivity index (χ4n) is 2.72. The van der Waals surface area contributed by atoms with Crippen molar-refractivity contribution in [3.63, 3.8) is 0 Å². The zero-order chi connectivity index (χ0) is 13.5. The number of aromatic nitrogens is 2. The minimum Gasteiger partial charge on any atom is -0.356 e. The van der Waals surface area contributed by atoms with Crippen LogP contribution >= 0.6 is 0 Å². The van der Waals surface area contributed by atoms with Gasteiger partial charge in [0.2, 0.25) is 0 Å². The number of piperidine rings is 1. The lowest BCUT2D eigenvalue weighted by Gasteiger charge is -2.34. The van der Waals surface area contributed by atoms with Crippen LogP contribution < -0.4 is 10.6 Å². The molecule has 0 bridgehead atoms. The van der Waals surface area contributed by atoms with Crippen molar-refractivity contribution in [1.29, 1.82) is 0 Å². The largest absolute Gasteiger partial charge is 0.356 e. The van der Waals surface area contributed by atoms with E-state index in [9.17, 15) is 8.78 Å². The lowest BCUT2D eigenvalue weighted by molar-refractivity contribution is -0.0221. The third-order valence-electron chi connectivity index (χ3n) is 4.09. The molecule has 1 saturated carbocycles. The minimum atomic E-state index is -2.52. The second-order valence-corrected chi connectivity index (χ2v) is 5.57. The zero-order valence-electron chi connectivity index (χ0n) is 10.7. The number of hydrogen-bond acceptors (Lipinski definition) is 4. The van der Waals surface area contributed by atoms with Crippen molar-refractivity contribution in [2.45, 2.75) is 43.6 Å². The average Bonchev–Trinajstić information content (AvgIpc) is 2.35. The lowest BCUT2D eigenvalue weighted by Crippen LogP contribution is -2.40. The Morgan fingerprint density at radius 2 is 1.89 bits per heavy atom. The molecule has 2 heterocycles. The molecule has 0 aromatic carbocycles. The summed E-state index contributed by atoms with van der Waals surface area (Å²) in [6.07, 6.45) is 3.24. The van der Waals surface area contributed by atoms with Gasteiger partial charge < -0.3 is 10.6 Å². The Balaban J connectivity index is 1.70. The summed E-state index contributed by atoms with van der Waals surface area (Å²) in [7, 11) is 0. The van der Waals surface area contributed by atoms with Crippen molar-refractivity contribution in [1.82, 2.24) is 9.97 Å². The predicted octanol–water partition coefficient (Wildman–Crippen LogP) is 1.92. The van der Waals surface area contributed by atoms with Gasteiger partial charge in [0.25, 0.3) is 5.92 Å². The minimum absolute atomic E-state index is 0.0966. The van der Waals surface area contributed by atoms with Crippen LogP contribution in [0, 0.1) is 0 Å². The van der Waals surface area contributed by atoms with Gasteiger partial charge in [0.05, 0.1) is 0 Å². The highest BCUT2D eigenvalue weighted by atomic mass is 19.3. The van der Waals surface area contributed by atoms with Gasteiger partial charge in [-0.3, -0.25) is 0 Å². The van der Waals surface area contributed by atoms with Crippen LogP contribution in [-0.2, 0) is 0 Å². The van der Waals surface area contributed by atoms with Crippen molar-refractivity contribution < 1.29 is 8.78 Å². The molecule has 0 spiro atoms. The topological polar surface area (TPSA) is 55.0 Å². The highest BCUT2D eigenvalue weighted by Gasteiger charge is 2.35. The summed E-state index contributed by atoms with van der Waals surface area (Å²) in [5.74, 6) is -1.35. The van der Waals surface area contributed by atoms with Crippen molar-refractivity contribution in [2.24, 2.45) is 5.73 Å². The van der Waals surface area contributed by atoms with Crippen LogP contribution in [0.5, 0.6) is 0 Å². The summed E-state index contributed by atoms with van der Waals surface area (Å²) in [6.45, 7) is 0.710. The lowest BCUT2D eigenvalue weighted by atomic mass is 9.78. The van der Waals surface area contributed by atoms with E-state index in [0.29, 0.717) is 19.0 Å². The molecule has 2 aliphatic rings. The number of halogens is 2. The van der Waals surface area contributed by atoms with Crippen LogP contribution in [0.2, 0.25) is 0 Å². The van der Waals surface area contributed by atoms with Crippen molar-refractivity contribution >= 4 is 5.82 Å². The fraction of sp³-hybridized carbons (Fsp3) is 0.692. The highest BCUT2D eigenvalue weighted by molar-refractivity contribution is 5.40. The first kappa shape index (κ1) is 12.7. The van der Waals surface area contributed by atoms with E-state index in [4.69, 9.17) is 5.73 Å². The average molecular weight is 268 g/mol. The summed E-state index contributed by atoms with van der Waals surface area (Å²) in [5, 5.41) is 0. The molecule has 1 aromatic rings. The van der Waals surface area contributed by atoms with E-state index in [1.54, 1.807) is 0 Å². The molecule has 0 amide bonds. The molecule has 2 N–H and O–H groups in total. The van der Waals surface area contributed by atoms with Gasteiger partial charge in [-0.05, 0) is 12.8 Å². The van der Waals surface area contributed by atoms with Gasteiger partial charge in [0, 0.05) is 49.7 Å². The number of anilines is 1. The SMILES string of the molecule is NC1CC(c2cc(N3CCC(F)(F)CC3)ncn2)C1. The van der Waals surface area contributed by atoms with E-state index in [1.807, 2.05) is 11.0 Å². The van der Waals surface area contributed by atoms with Gasteiger partial charge in [0.15, 0.2) is 0 Å². The molecule has 0 unspecified atom stereocenters. The molecule has 104 valence electrons. The van der Waals surface area contributed by atoms with Crippen LogP contribution in [0.15, 0.2) is 12.4 Å². The van der Waals surface area contributed by atoms with E-state index in [-0.39, 0.29) is 18.9 Å². The predicted molar refractivity (Wildman–Crippen MR) is 68.4 cm³/mol. The standard InChI is InChI=1S/C13H18F2N4/c14-13(15)1-3-19(4-2-13)12-7-11(17-8-18-12)9-5-10(16)6-9/h7-10H,1-6,16H2. The maximum atomic E-state index is 13.1. The summed E-state index contributed by atoms with van der Waals surface area (Å²) in [6, 6.07) is 2.21. The molecule has 1 aromatic heterocycles. The second-order valence-electron chi connectivity index (χ2n) is 5.57. The van der Waals surface area contributed by atoms with Gasteiger partial charge in [-0.1, -0.05) is 0 Å². The Morgan fingerprint density at radius 1 is 1.21 bits per heavy atom. The summed E-state index contributed by atoms with van der Waals surface area (Å²) in [4.78, 5) is 10.4. The fourth-order valence-corrected chi connectivity index (χ4v) is 2.72. The zero-order valence-corrected chi connectivity index (χ0v) is 10.7. The molecular weight excluding hydrogens is 250 g/mol.